The van der Waals surface area contributed by atoms with Crippen LogP contribution in [0.15, 0.2) is 23.0 Å². The second-order valence-corrected chi connectivity index (χ2v) is 5.12. The summed E-state index contributed by atoms with van der Waals surface area (Å²) in [6, 6.07) is 5.46. The van der Waals surface area contributed by atoms with E-state index in [1.165, 1.54) is 0 Å². The van der Waals surface area contributed by atoms with Gasteiger partial charge in [0.05, 0.1) is 0 Å². The summed E-state index contributed by atoms with van der Waals surface area (Å²) in [4.78, 5) is 25.2. The zero-order valence-electron chi connectivity index (χ0n) is 9.93. The molecule has 90 valence electrons. The maximum Gasteiger partial charge on any atom is 0.250 e. The van der Waals surface area contributed by atoms with Gasteiger partial charge in [-0.3, -0.25) is 9.59 Å². The molecule has 1 aromatic rings. The van der Waals surface area contributed by atoms with Crippen molar-refractivity contribution in [3.8, 4) is 0 Å². The summed E-state index contributed by atoms with van der Waals surface area (Å²) in [6.45, 7) is 3.94. The topological polar surface area (TPSA) is 42.3 Å². The van der Waals surface area contributed by atoms with Crippen molar-refractivity contribution in [1.29, 1.82) is 0 Å². The molecule has 1 amide bonds. The first-order chi connectivity index (χ1) is 8.15. The molecule has 0 aromatic carbocycles. The summed E-state index contributed by atoms with van der Waals surface area (Å²) in [7, 11) is 0. The molecule has 1 unspecified atom stereocenters. The van der Waals surface area contributed by atoms with Crippen LogP contribution in [0.2, 0.25) is 0 Å². The van der Waals surface area contributed by atoms with Gasteiger partial charge in [0.25, 0.3) is 5.56 Å². The Morgan fingerprint density at radius 2 is 2.12 bits per heavy atom. The van der Waals surface area contributed by atoms with Crippen LogP contribution in [0.3, 0.4) is 0 Å². The zero-order valence-corrected chi connectivity index (χ0v) is 9.93. The van der Waals surface area contributed by atoms with Crippen molar-refractivity contribution in [3.63, 3.8) is 0 Å². The molecule has 3 heterocycles. The van der Waals surface area contributed by atoms with Crippen LogP contribution in [-0.4, -0.2) is 28.5 Å². The predicted molar refractivity (Wildman–Crippen MR) is 63.8 cm³/mol. The third kappa shape index (κ3) is 1.68. The average Bonchev–Trinajstić information content (AvgIpc) is 2.30. The summed E-state index contributed by atoms with van der Waals surface area (Å²) < 4.78 is 1.89. The van der Waals surface area contributed by atoms with E-state index in [2.05, 4.69) is 0 Å². The summed E-state index contributed by atoms with van der Waals surface area (Å²) in [6.07, 6.45) is 1.10. The highest BCUT2D eigenvalue weighted by Gasteiger charge is 2.35. The van der Waals surface area contributed by atoms with Crippen molar-refractivity contribution in [2.75, 3.05) is 13.1 Å². The zero-order chi connectivity index (χ0) is 12.0. The van der Waals surface area contributed by atoms with E-state index in [-0.39, 0.29) is 11.5 Å². The van der Waals surface area contributed by atoms with E-state index < -0.39 is 0 Å². The Morgan fingerprint density at radius 1 is 1.29 bits per heavy atom. The Hall–Kier alpha value is -1.58. The number of carbonyl (C=O) groups excluding carboxylic acids is 1. The first-order valence-electron chi connectivity index (χ1n) is 6.10. The van der Waals surface area contributed by atoms with E-state index in [1.54, 1.807) is 13.0 Å². The summed E-state index contributed by atoms with van der Waals surface area (Å²) in [5.41, 5.74) is 1.19. The van der Waals surface area contributed by atoms with Crippen LogP contribution in [0.1, 0.15) is 25.0 Å². The minimum absolute atomic E-state index is 0.0912. The molecular formula is C13H16N2O2. The molecule has 2 atom stereocenters. The number of piperidine rings is 1. The number of aromatic nitrogens is 1. The van der Waals surface area contributed by atoms with Gasteiger partial charge in [-0.15, -0.1) is 0 Å². The van der Waals surface area contributed by atoms with Crippen LogP contribution < -0.4 is 5.56 Å². The van der Waals surface area contributed by atoms with Gasteiger partial charge in [-0.05, 0) is 18.4 Å². The molecule has 1 saturated heterocycles. The fraction of sp³-hybridized carbons (Fsp3) is 0.538. The molecule has 1 fully saturated rings. The maximum atomic E-state index is 11.8. The Labute approximate surface area is 99.9 Å². The lowest BCUT2D eigenvalue weighted by molar-refractivity contribution is -0.131. The van der Waals surface area contributed by atoms with Gasteiger partial charge in [0.15, 0.2) is 0 Å². The number of rotatable bonds is 0. The molecule has 0 N–H and O–H groups in total. The molecule has 2 bridgehead atoms. The number of amides is 1. The largest absolute Gasteiger partial charge is 0.342 e. The van der Waals surface area contributed by atoms with Crippen molar-refractivity contribution in [1.82, 2.24) is 9.47 Å². The smallest absolute Gasteiger partial charge is 0.250 e. The number of hydrogen-bond donors (Lipinski definition) is 0. The van der Waals surface area contributed by atoms with E-state index in [9.17, 15) is 9.59 Å². The fourth-order valence-electron chi connectivity index (χ4n) is 3.15. The van der Waals surface area contributed by atoms with Crippen molar-refractivity contribution in [2.45, 2.75) is 25.8 Å². The van der Waals surface area contributed by atoms with Gasteiger partial charge in [-0.2, -0.15) is 0 Å². The third-order valence-electron chi connectivity index (χ3n) is 3.93. The summed E-state index contributed by atoms with van der Waals surface area (Å²) in [5, 5.41) is 0. The predicted octanol–water partition coefficient (Wildman–Crippen LogP) is 0.814. The van der Waals surface area contributed by atoms with Gasteiger partial charge in [-0.1, -0.05) is 6.07 Å². The van der Waals surface area contributed by atoms with Crippen LogP contribution in [0, 0.1) is 5.92 Å². The number of likely N-dealkylation sites (tertiary alicyclic amines) is 1. The van der Waals surface area contributed by atoms with Crippen LogP contribution in [0.5, 0.6) is 0 Å². The second-order valence-electron chi connectivity index (χ2n) is 5.12. The van der Waals surface area contributed by atoms with E-state index in [1.807, 2.05) is 21.6 Å². The quantitative estimate of drug-likeness (QED) is 0.664. The molecule has 1 aromatic heterocycles. The Balaban J connectivity index is 2.01. The Kier molecular flexibility index (Phi) is 2.31. The fourth-order valence-corrected chi connectivity index (χ4v) is 3.15. The second kappa shape index (κ2) is 3.72. The highest BCUT2D eigenvalue weighted by Crippen LogP contribution is 2.34. The third-order valence-corrected chi connectivity index (χ3v) is 3.93. The Morgan fingerprint density at radius 3 is 2.88 bits per heavy atom. The highest BCUT2D eigenvalue weighted by molar-refractivity contribution is 5.73. The number of nitrogens with zero attached hydrogens (tertiary/aromatic N) is 2. The summed E-state index contributed by atoms with van der Waals surface area (Å²) >= 11 is 0. The van der Waals surface area contributed by atoms with E-state index >= 15 is 0 Å². The number of pyridine rings is 1. The molecule has 4 heteroatoms. The number of hydrogen-bond acceptors (Lipinski definition) is 2. The van der Waals surface area contributed by atoms with Gasteiger partial charge in [0.2, 0.25) is 5.91 Å². The van der Waals surface area contributed by atoms with Crippen LogP contribution >= 0.6 is 0 Å². The lowest BCUT2D eigenvalue weighted by Crippen LogP contribution is -2.48. The van der Waals surface area contributed by atoms with Crippen molar-refractivity contribution < 1.29 is 4.79 Å². The molecule has 3 rings (SSSR count). The monoisotopic (exact) mass is 232 g/mol. The van der Waals surface area contributed by atoms with Gasteiger partial charge >= 0.3 is 0 Å². The molecule has 0 radical (unpaired) electrons. The van der Waals surface area contributed by atoms with Gasteiger partial charge in [-0.25, -0.2) is 0 Å². The molecule has 0 spiro atoms. The lowest BCUT2D eigenvalue weighted by atomic mass is 9.83. The Bertz CT molecular complexity index is 520. The van der Waals surface area contributed by atoms with Gasteiger partial charge < -0.3 is 9.47 Å². The standard InChI is InChI=1S/C13H16N2O2/c1-9(16)14-6-10-5-11(8-14)12-3-2-4-13(17)15(12)7-10/h2-4,10-11H,5-8H2,1H3/t10?,11-/m0/s1. The molecule has 17 heavy (non-hydrogen) atoms. The van der Waals surface area contributed by atoms with E-state index in [0.29, 0.717) is 11.8 Å². The van der Waals surface area contributed by atoms with Crippen LogP contribution in [0.25, 0.3) is 0 Å². The number of carbonyl (C=O) groups is 1. The van der Waals surface area contributed by atoms with Crippen molar-refractivity contribution in [2.24, 2.45) is 5.92 Å². The lowest BCUT2D eigenvalue weighted by Gasteiger charge is -2.42. The first-order valence-corrected chi connectivity index (χ1v) is 6.10. The molecule has 2 aliphatic heterocycles. The summed E-state index contributed by atoms with van der Waals surface area (Å²) in [5.74, 6) is 0.914. The molecule has 4 nitrogen and oxygen atoms in total. The average molecular weight is 232 g/mol. The normalized spacial score (nSPS) is 26.5. The van der Waals surface area contributed by atoms with Gasteiger partial charge in [0, 0.05) is 44.2 Å². The van der Waals surface area contributed by atoms with Crippen LogP contribution in [0.4, 0.5) is 0 Å². The first kappa shape index (κ1) is 10.6. The number of fused-ring (bicyclic) bond motifs is 4. The minimum atomic E-state index is 0.0912. The van der Waals surface area contributed by atoms with E-state index in [4.69, 9.17) is 0 Å². The maximum absolute atomic E-state index is 11.8. The van der Waals surface area contributed by atoms with E-state index in [0.717, 1.165) is 31.7 Å². The molecule has 0 aliphatic carbocycles. The van der Waals surface area contributed by atoms with Crippen molar-refractivity contribution in [3.05, 3.63) is 34.2 Å². The minimum Gasteiger partial charge on any atom is -0.342 e. The molecule has 0 saturated carbocycles. The molecular weight excluding hydrogens is 216 g/mol. The highest BCUT2D eigenvalue weighted by atomic mass is 16.2. The molecule has 2 aliphatic rings. The SMILES string of the molecule is CC(=O)N1CC2C[C@@H](C1)c1cccc(=O)n1C2. The van der Waals surface area contributed by atoms with Crippen LogP contribution in [-0.2, 0) is 11.3 Å². The van der Waals surface area contributed by atoms with Gasteiger partial charge in [0.1, 0.15) is 0 Å². The van der Waals surface area contributed by atoms with Crippen molar-refractivity contribution >= 4 is 5.91 Å².